The van der Waals surface area contributed by atoms with Gasteiger partial charge in [-0.2, -0.15) is 15.3 Å². The molecular formula is C12H7N5O2. The van der Waals surface area contributed by atoms with Crippen LogP contribution in [0.4, 0.5) is 0 Å². The summed E-state index contributed by atoms with van der Waals surface area (Å²) in [5, 5.41) is 28.2. The van der Waals surface area contributed by atoms with E-state index in [1.807, 2.05) is 6.07 Å². The first kappa shape index (κ1) is 11.0. The minimum atomic E-state index is 0.161. The Morgan fingerprint density at radius 1 is 1.26 bits per heavy atom. The molecule has 0 aliphatic rings. The highest BCUT2D eigenvalue weighted by Crippen LogP contribution is 2.24. The third kappa shape index (κ3) is 1.91. The molecule has 0 atom stereocenters. The van der Waals surface area contributed by atoms with Crippen molar-refractivity contribution in [1.29, 1.82) is 5.26 Å². The van der Waals surface area contributed by atoms with Gasteiger partial charge in [-0.25, -0.2) is 0 Å². The molecule has 1 aromatic carbocycles. The van der Waals surface area contributed by atoms with Gasteiger partial charge in [0.2, 0.25) is 5.82 Å². The van der Waals surface area contributed by atoms with E-state index in [4.69, 9.17) is 9.78 Å². The van der Waals surface area contributed by atoms with E-state index < -0.39 is 0 Å². The van der Waals surface area contributed by atoms with Crippen molar-refractivity contribution in [2.45, 2.75) is 0 Å². The Kier molecular flexibility index (Phi) is 2.47. The number of H-pyrrole nitrogens is 1. The monoisotopic (exact) mass is 253 g/mol. The largest absolute Gasteiger partial charge is 0.508 e. The van der Waals surface area contributed by atoms with Gasteiger partial charge in [0.05, 0.1) is 11.8 Å². The van der Waals surface area contributed by atoms with E-state index >= 15 is 0 Å². The molecule has 0 radical (unpaired) electrons. The van der Waals surface area contributed by atoms with Crippen molar-refractivity contribution in [3.05, 3.63) is 36.2 Å². The van der Waals surface area contributed by atoms with Gasteiger partial charge in [0.15, 0.2) is 0 Å². The van der Waals surface area contributed by atoms with Gasteiger partial charge in [0.25, 0.3) is 5.89 Å². The lowest BCUT2D eigenvalue weighted by molar-refractivity contribution is 0.432. The molecule has 3 aromatic rings. The van der Waals surface area contributed by atoms with Crippen LogP contribution in [0.5, 0.6) is 5.75 Å². The molecule has 2 heterocycles. The van der Waals surface area contributed by atoms with Gasteiger partial charge in [-0.15, -0.1) is 0 Å². The fraction of sp³-hybridized carbons (Fsp3) is 0. The van der Waals surface area contributed by atoms with Crippen LogP contribution in [0.2, 0.25) is 0 Å². The average Bonchev–Trinajstić information content (AvgIpc) is 3.07. The number of hydrogen-bond acceptors (Lipinski definition) is 6. The highest BCUT2D eigenvalue weighted by atomic mass is 16.5. The zero-order chi connectivity index (χ0) is 13.2. The van der Waals surface area contributed by atoms with Crippen LogP contribution in [0.15, 0.2) is 35.0 Å². The van der Waals surface area contributed by atoms with Crippen LogP contribution in [0.25, 0.3) is 22.8 Å². The quantitative estimate of drug-likeness (QED) is 0.718. The van der Waals surface area contributed by atoms with Crippen LogP contribution in [-0.2, 0) is 0 Å². The summed E-state index contributed by atoms with van der Waals surface area (Å²) in [5.74, 6) is 0.752. The first-order valence-electron chi connectivity index (χ1n) is 5.35. The van der Waals surface area contributed by atoms with Crippen LogP contribution in [0.1, 0.15) is 5.69 Å². The molecule has 0 bridgehead atoms. The second-order valence-electron chi connectivity index (χ2n) is 3.74. The molecule has 19 heavy (non-hydrogen) atoms. The normalized spacial score (nSPS) is 10.3. The second-order valence-corrected chi connectivity index (χ2v) is 3.74. The predicted octanol–water partition coefficient (Wildman–Crippen LogP) is 1.70. The number of benzene rings is 1. The van der Waals surface area contributed by atoms with Crippen LogP contribution in [0.3, 0.4) is 0 Å². The van der Waals surface area contributed by atoms with Crippen LogP contribution >= 0.6 is 0 Å². The molecule has 7 heteroatoms. The lowest BCUT2D eigenvalue weighted by Gasteiger charge is -1.93. The van der Waals surface area contributed by atoms with E-state index in [9.17, 15) is 5.11 Å². The highest BCUT2D eigenvalue weighted by molar-refractivity contribution is 5.63. The molecule has 2 aromatic heterocycles. The number of nitriles is 1. The minimum absolute atomic E-state index is 0.161. The fourth-order valence-electron chi connectivity index (χ4n) is 1.59. The maximum Gasteiger partial charge on any atom is 0.262 e. The van der Waals surface area contributed by atoms with E-state index in [1.54, 1.807) is 12.1 Å². The van der Waals surface area contributed by atoms with Gasteiger partial charge < -0.3 is 9.63 Å². The standard InChI is InChI=1S/C12H7N5O2/c13-5-10-9(6-14-16-10)12-15-11(17-19-12)7-1-3-8(18)4-2-7/h1-4,6,18H,(H,14,16). The van der Waals surface area contributed by atoms with E-state index in [-0.39, 0.29) is 17.3 Å². The third-order valence-corrected chi connectivity index (χ3v) is 2.53. The van der Waals surface area contributed by atoms with E-state index in [1.165, 1.54) is 18.3 Å². The zero-order valence-electron chi connectivity index (χ0n) is 9.53. The van der Waals surface area contributed by atoms with Crippen molar-refractivity contribution in [2.75, 3.05) is 0 Å². The van der Waals surface area contributed by atoms with Crippen molar-refractivity contribution in [1.82, 2.24) is 20.3 Å². The zero-order valence-corrected chi connectivity index (χ0v) is 9.53. The topological polar surface area (TPSA) is 112 Å². The van der Waals surface area contributed by atoms with E-state index in [0.717, 1.165) is 0 Å². The SMILES string of the molecule is N#Cc1[nH]ncc1-c1nc(-c2ccc(O)cc2)no1. The average molecular weight is 253 g/mol. The molecule has 2 N–H and O–H groups in total. The van der Waals surface area contributed by atoms with Crippen LogP contribution in [0, 0.1) is 11.3 Å². The molecule has 0 fully saturated rings. The number of phenols is 1. The summed E-state index contributed by atoms with van der Waals surface area (Å²) in [5.41, 5.74) is 1.43. The first-order chi connectivity index (χ1) is 9.28. The van der Waals surface area contributed by atoms with Crippen molar-refractivity contribution >= 4 is 0 Å². The molecule has 0 aliphatic carbocycles. The maximum atomic E-state index is 9.21. The summed E-state index contributed by atoms with van der Waals surface area (Å²) in [6.07, 6.45) is 1.45. The van der Waals surface area contributed by atoms with Crippen molar-refractivity contribution < 1.29 is 9.63 Å². The lowest BCUT2D eigenvalue weighted by atomic mass is 10.2. The van der Waals surface area contributed by atoms with Gasteiger partial charge in [-0.1, -0.05) is 5.16 Å². The lowest BCUT2D eigenvalue weighted by Crippen LogP contribution is -1.82. The van der Waals surface area contributed by atoms with Crippen molar-refractivity contribution in [2.24, 2.45) is 0 Å². The van der Waals surface area contributed by atoms with Crippen molar-refractivity contribution in [3.63, 3.8) is 0 Å². The predicted molar refractivity (Wildman–Crippen MR) is 63.7 cm³/mol. The van der Waals surface area contributed by atoms with Gasteiger partial charge in [-0.05, 0) is 24.3 Å². The number of hydrogen-bond donors (Lipinski definition) is 2. The second kappa shape index (κ2) is 4.27. The molecule has 0 saturated carbocycles. The maximum absolute atomic E-state index is 9.21. The molecule has 92 valence electrons. The van der Waals surface area contributed by atoms with E-state index in [2.05, 4.69) is 20.3 Å². The van der Waals surface area contributed by atoms with Crippen LogP contribution in [-0.4, -0.2) is 25.4 Å². The molecule has 0 saturated heterocycles. The van der Waals surface area contributed by atoms with Gasteiger partial charge in [-0.3, -0.25) is 5.10 Å². The number of phenolic OH excluding ortho intramolecular Hbond substituents is 1. The first-order valence-corrected chi connectivity index (χ1v) is 5.35. The summed E-state index contributed by atoms with van der Waals surface area (Å²) in [6.45, 7) is 0. The minimum Gasteiger partial charge on any atom is -0.508 e. The van der Waals surface area contributed by atoms with Crippen LogP contribution < -0.4 is 0 Å². The number of rotatable bonds is 2. The van der Waals surface area contributed by atoms with Gasteiger partial charge in [0, 0.05) is 5.56 Å². The number of nitrogens with one attached hydrogen (secondary N) is 1. The fourth-order valence-corrected chi connectivity index (χ4v) is 1.59. The Balaban J connectivity index is 2.00. The Bertz CT molecular complexity index is 751. The van der Waals surface area contributed by atoms with Crippen molar-refractivity contribution in [3.8, 4) is 34.7 Å². The number of aromatic amines is 1. The Hall–Kier alpha value is -3.14. The molecular weight excluding hydrogens is 246 g/mol. The smallest absolute Gasteiger partial charge is 0.262 e. The third-order valence-electron chi connectivity index (χ3n) is 2.53. The molecule has 7 nitrogen and oxygen atoms in total. The molecule has 0 amide bonds. The molecule has 0 aliphatic heterocycles. The molecule has 3 rings (SSSR count). The summed E-state index contributed by atoms with van der Waals surface area (Å²) in [7, 11) is 0. The Morgan fingerprint density at radius 3 is 2.79 bits per heavy atom. The summed E-state index contributed by atoms with van der Waals surface area (Å²) in [4.78, 5) is 4.19. The number of aromatic hydroxyl groups is 1. The molecule has 0 spiro atoms. The summed E-state index contributed by atoms with van der Waals surface area (Å²) in [6, 6.07) is 8.36. The van der Waals surface area contributed by atoms with Gasteiger partial charge >= 0.3 is 0 Å². The van der Waals surface area contributed by atoms with E-state index in [0.29, 0.717) is 17.0 Å². The Morgan fingerprint density at radius 2 is 2.05 bits per heavy atom. The number of nitrogens with zero attached hydrogens (tertiary/aromatic N) is 4. The number of aromatic nitrogens is 4. The highest BCUT2D eigenvalue weighted by Gasteiger charge is 2.15. The van der Waals surface area contributed by atoms with Gasteiger partial charge in [0.1, 0.15) is 17.5 Å². The summed E-state index contributed by atoms with van der Waals surface area (Å²) < 4.78 is 5.10. The molecule has 0 unspecified atom stereocenters. The Labute approximate surface area is 107 Å². The summed E-state index contributed by atoms with van der Waals surface area (Å²) >= 11 is 0.